The quantitative estimate of drug-likeness (QED) is 0.839. The van der Waals surface area contributed by atoms with Gasteiger partial charge in [-0.1, -0.05) is 12.1 Å². The fraction of sp³-hybridized carbons (Fsp3) is 0.438. The summed E-state index contributed by atoms with van der Waals surface area (Å²) in [5.41, 5.74) is 2.56. The predicted octanol–water partition coefficient (Wildman–Crippen LogP) is 2.90. The Bertz CT molecular complexity index is 499. The van der Waals surface area contributed by atoms with E-state index < -0.39 is 0 Å². The third-order valence-corrected chi connectivity index (χ3v) is 3.69. The van der Waals surface area contributed by atoms with E-state index in [-0.39, 0.29) is 6.09 Å². The van der Waals surface area contributed by atoms with Gasteiger partial charge in [0, 0.05) is 26.2 Å². The molecule has 0 saturated carbocycles. The van der Waals surface area contributed by atoms with Crippen molar-refractivity contribution in [2.24, 2.45) is 0 Å². The van der Waals surface area contributed by atoms with E-state index in [9.17, 15) is 4.79 Å². The monoisotopic (exact) mass is 274 g/mol. The Kier molecular flexibility index (Phi) is 4.79. The van der Waals surface area contributed by atoms with E-state index in [0.717, 1.165) is 19.4 Å². The fourth-order valence-electron chi connectivity index (χ4n) is 2.39. The van der Waals surface area contributed by atoms with Gasteiger partial charge < -0.3 is 15.0 Å². The van der Waals surface area contributed by atoms with E-state index in [1.165, 1.54) is 11.1 Å². The molecule has 1 atom stereocenters. The normalized spacial score (nSPS) is 16.6. The molecular formula is C16H22N2O2. The van der Waals surface area contributed by atoms with Gasteiger partial charge in [-0.3, -0.25) is 0 Å². The minimum Gasteiger partial charge on any atom is -0.410 e. The first-order valence-electron chi connectivity index (χ1n) is 7.05. The number of amides is 1. The summed E-state index contributed by atoms with van der Waals surface area (Å²) < 4.78 is 5.38. The number of carbonyl (C=O) groups excluding carboxylic acids is 1. The van der Waals surface area contributed by atoms with Crippen molar-refractivity contribution in [2.45, 2.75) is 25.8 Å². The van der Waals surface area contributed by atoms with E-state index in [1.807, 2.05) is 25.1 Å². The standard InChI is InChI=1S/C16H22N2O2/c1-4-10-17-15-9-7-12-6-8-13(11-14(12)15)20-16(19)18(3)5-2/h4,6,8,11,15,17H,1,5,7,9-10H2,2-3H3. The van der Waals surface area contributed by atoms with Crippen molar-refractivity contribution in [1.29, 1.82) is 0 Å². The first-order valence-corrected chi connectivity index (χ1v) is 7.05. The zero-order valence-electron chi connectivity index (χ0n) is 12.2. The summed E-state index contributed by atoms with van der Waals surface area (Å²) in [4.78, 5) is 13.3. The van der Waals surface area contributed by atoms with Gasteiger partial charge >= 0.3 is 6.09 Å². The van der Waals surface area contributed by atoms with Gasteiger partial charge in [-0.15, -0.1) is 6.58 Å². The second-order valence-corrected chi connectivity index (χ2v) is 5.03. The van der Waals surface area contributed by atoms with Gasteiger partial charge in [0.25, 0.3) is 0 Å². The molecule has 1 N–H and O–H groups in total. The van der Waals surface area contributed by atoms with Crippen molar-refractivity contribution < 1.29 is 9.53 Å². The third-order valence-electron chi connectivity index (χ3n) is 3.69. The molecule has 1 aliphatic carbocycles. The topological polar surface area (TPSA) is 41.6 Å². The van der Waals surface area contributed by atoms with Gasteiger partial charge in [0.1, 0.15) is 5.75 Å². The van der Waals surface area contributed by atoms with E-state index in [0.29, 0.717) is 18.3 Å². The van der Waals surface area contributed by atoms with Crippen LogP contribution in [0, 0.1) is 0 Å². The molecule has 0 aromatic heterocycles. The molecule has 0 bridgehead atoms. The summed E-state index contributed by atoms with van der Waals surface area (Å²) in [5.74, 6) is 0.612. The molecule has 4 heteroatoms. The molecule has 20 heavy (non-hydrogen) atoms. The second kappa shape index (κ2) is 6.57. The maximum absolute atomic E-state index is 11.8. The molecule has 0 fully saturated rings. The van der Waals surface area contributed by atoms with E-state index in [1.54, 1.807) is 11.9 Å². The number of hydrogen-bond donors (Lipinski definition) is 1. The maximum atomic E-state index is 11.8. The summed E-state index contributed by atoms with van der Waals surface area (Å²) in [7, 11) is 1.73. The summed E-state index contributed by atoms with van der Waals surface area (Å²) in [6.45, 7) is 7.06. The number of carbonyl (C=O) groups is 1. The van der Waals surface area contributed by atoms with E-state index in [4.69, 9.17) is 4.74 Å². The Labute approximate surface area is 120 Å². The highest BCUT2D eigenvalue weighted by molar-refractivity contribution is 5.70. The van der Waals surface area contributed by atoms with Crippen molar-refractivity contribution in [3.05, 3.63) is 42.0 Å². The van der Waals surface area contributed by atoms with Crippen LogP contribution in [-0.2, 0) is 6.42 Å². The largest absolute Gasteiger partial charge is 0.414 e. The fourth-order valence-corrected chi connectivity index (χ4v) is 2.39. The lowest BCUT2D eigenvalue weighted by molar-refractivity contribution is 0.165. The smallest absolute Gasteiger partial charge is 0.410 e. The minimum atomic E-state index is -0.318. The van der Waals surface area contributed by atoms with Gasteiger partial charge in [-0.2, -0.15) is 0 Å². The van der Waals surface area contributed by atoms with Crippen molar-refractivity contribution in [2.75, 3.05) is 20.1 Å². The maximum Gasteiger partial charge on any atom is 0.414 e. The van der Waals surface area contributed by atoms with Crippen LogP contribution in [0.5, 0.6) is 5.75 Å². The Morgan fingerprint density at radius 3 is 3.10 bits per heavy atom. The molecule has 4 nitrogen and oxygen atoms in total. The molecule has 2 rings (SSSR count). The van der Waals surface area contributed by atoms with Gasteiger partial charge in [0.05, 0.1) is 0 Å². The number of ether oxygens (including phenoxy) is 1. The zero-order chi connectivity index (χ0) is 14.5. The molecule has 1 aromatic carbocycles. The Morgan fingerprint density at radius 1 is 1.60 bits per heavy atom. The van der Waals surface area contributed by atoms with Gasteiger partial charge in [0.2, 0.25) is 0 Å². The summed E-state index contributed by atoms with van der Waals surface area (Å²) in [5, 5.41) is 3.43. The van der Waals surface area contributed by atoms with Crippen LogP contribution in [-0.4, -0.2) is 31.1 Å². The molecular weight excluding hydrogens is 252 g/mol. The molecule has 1 unspecified atom stereocenters. The van der Waals surface area contributed by atoms with Gasteiger partial charge in [-0.25, -0.2) is 4.79 Å². The number of rotatable bonds is 5. The summed E-state index contributed by atoms with van der Waals surface area (Å²) >= 11 is 0. The molecule has 0 saturated heterocycles. The van der Waals surface area contributed by atoms with Crippen molar-refractivity contribution >= 4 is 6.09 Å². The van der Waals surface area contributed by atoms with E-state index in [2.05, 4.69) is 18.0 Å². The van der Waals surface area contributed by atoms with Gasteiger partial charge in [-0.05, 0) is 43.0 Å². The highest BCUT2D eigenvalue weighted by atomic mass is 16.6. The number of aryl methyl sites for hydroxylation is 1. The molecule has 0 heterocycles. The van der Waals surface area contributed by atoms with Gasteiger partial charge in [0.15, 0.2) is 0 Å². The van der Waals surface area contributed by atoms with Crippen LogP contribution in [0.3, 0.4) is 0 Å². The average molecular weight is 274 g/mol. The number of nitrogens with zero attached hydrogens (tertiary/aromatic N) is 1. The zero-order valence-corrected chi connectivity index (χ0v) is 12.2. The minimum absolute atomic E-state index is 0.318. The highest BCUT2D eigenvalue weighted by Gasteiger charge is 2.22. The lowest BCUT2D eigenvalue weighted by Gasteiger charge is -2.16. The highest BCUT2D eigenvalue weighted by Crippen LogP contribution is 2.33. The van der Waals surface area contributed by atoms with Crippen LogP contribution in [0.4, 0.5) is 4.79 Å². The summed E-state index contributed by atoms with van der Waals surface area (Å²) in [6.07, 6.45) is 3.68. The second-order valence-electron chi connectivity index (χ2n) is 5.03. The number of fused-ring (bicyclic) bond motifs is 1. The van der Waals surface area contributed by atoms with Crippen LogP contribution in [0.15, 0.2) is 30.9 Å². The van der Waals surface area contributed by atoms with Crippen LogP contribution in [0.25, 0.3) is 0 Å². The number of hydrogen-bond acceptors (Lipinski definition) is 3. The van der Waals surface area contributed by atoms with Crippen LogP contribution < -0.4 is 10.1 Å². The molecule has 1 aliphatic rings. The third kappa shape index (κ3) is 3.20. The average Bonchev–Trinajstić information content (AvgIpc) is 2.86. The lowest BCUT2D eigenvalue weighted by atomic mass is 10.1. The Hall–Kier alpha value is -1.81. The van der Waals surface area contributed by atoms with E-state index >= 15 is 0 Å². The molecule has 0 radical (unpaired) electrons. The molecule has 1 aromatic rings. The first-order chi connectivity index (χ1) is 9.65. The summed E-state index contributed by atoms with van der Waals surface area (Å²) in [6, 6.07) is 6.23. The van der Waals surface area contributed by atoms with Crippen molar-refractivity contribution in [3.8, 4) is 5.75 Å². The lowest BCUT2D eigenvalue weighted by Crippen LogP contribution is -2.29. The Balaban J connectivity index is 2.10. The molecule has 0 aliphatic heterocycles. The van der Waals surface area contributed by atoms with Crippen LogP contribution in [0.2, 0.25) is 0 Å². The molecule has 1 amide bonds. The SMILES string of the molecule is C=CCNC1CCc2ccc(OC(=O)N(C)CC)cc21. The van der Waals surface area contributed by atoms with Crippen LogP contribution in [0.1, 0.15) is 30.5 Å². The molecule has 0 spiro atoms. The number of benzene rings is 1. The Morgan fingerprint density at radius 2 is 2.40 bits per heavy atom. The van der Waals surface area contributed by atoms with Crippen molar-refractivity contribution in [3.63, 3.8) is 0 Å². The van der Waals surface area contributed by atoms with Crippen molar-refractivity contribution in [1.82, 2.24) is 10.2 Å². The van der Waals surface area contributed by atoms with Crippen LogP contribution >= 0.6 is 0 Å². The molecule has 108 valence electrons. The first kappa shape index (κ1) is 14.6. The number of nitrogens with one attached hydrogen (secondary N) is 1. The predicted molar refractivity (Wildman–Crippen MR) is 80.0 cm³/mol.